The number of carbonyl (C=O) groups excluding carboxylic acids is 1. The molecule has 1 aliphatic rings. The quantitative estimate of drug-likeness (QED) is 0.638. The highest BCUT2D eigenvalue weighted by Gasteiger charge is 2.24. The smallest absolute Gasteiger partial charge is 0.396 e. The van der Waals surface area contributed by atoms with Crippen LogP contribution in [0.4, 0.5) is 0 Å². The van der Waals surface area contributed by atoms with Crippen LogP contribution in [0.1, 0.15) is 22.7 Å². The third-order valence-electron chi connectivity index (χ3n) is 1.89. The molecule has 1 aromatic heterocycles. The van der Waals surface area contributed by atoms with Gasteiger partial charge < -0.3 is 18.6 Å². The van der Waals surface area contributed by atoms with Gasteiger partial charge in [-0.2, -0.15) is 0 Å². The maximum absolute atomic E-state index is 11.0. The van der Waals surface area contributed by atoms with Gasteiger partial charge in [-0.1, -0.05) is 0 Å². The molecule has 15 heavy (non-hydrogen) atoms. The van der Waals surface area contributed by atoms with E-state index in [1.54, 1.807) is 0 Å². The summed E-state index contributed by atoms with van der Waals surface area (Å²) in [6.07, 6.45) is -0.398. The number of methoxy groups -OCH3 is 1. The zero-order valence-corrected chi connectivity index (χ0v) is 8.13. The third-order valence-corrected chi connectivity index (χ3v) is 1.89. The van der Waals surface area contributed by atoms with Crippen LogP contribution in [0.5, 0.6) is 0 Å². The van der Waals surface area contributed by atoms with Gasteiger partial charge in [0.2, 0.25) is 5.89 Å². The Balaban J connectivity index is 2.08. The molecule has 7 nitrogen and oxygen atoms in total. The van der Waals surface area contributed by atoms with Crippen molar-refractivity contribution >= 4 is 5.97 Å². The van der Waals surface area contributed by atoms with Crippen molar-refractivity contribution < 1.29 is 23.4 Å². The standard InChI is InChI=1S/C8H10N2O5/c1-12-8(11)7-10-9-6(15-7)5-4-13-2-3-14-5/h5H,2-4H2,1H3. The molecule has 0 aliphatic carbocycles. The van der Waals surface area contributed by atoms with Crippen LogP contribution in [0.15, 0.2) is 4.42 Å². The Morgan fingerprint density at radius 3 is 3.00 bits per heavy atom. The predicted octanol–water partition coefficient (Wildman–Crippen LogP) is -0.0559. The number of hydrogen-bond donors (Lipinski definition) is 0. The van der Waals surface area contributed by atoms with Crippen LogP contribution in [0.2, 0.25) is 0 Å². The van der Waals surface area contributed by atoms with Crippen LogP contribution >= 0.6 is 0 Å². The third kappa shape index (κ3) is 2.13. The van der Waals surface area contributed by atoms with Crippen molar-refractivity contribution in [3.63, 3.8) is 0 Å². The Bertz CT molecular complexity index is 345. The number of ether oxygens (including phenoxy) is 3. The van der Waals surface area contributed by atoms with Crippen LogP contribution < -0.4 is 0 Å². The molecule has 1 saturated heterocycles. The minimum atomic E-state index is -0.662. The first kappa shape index (κ1) is 10.1. The zero-order valence-electron chi connectivity index (χ0n) is 8.13. The summed E-state index contributed by atoms with van der Waals surface area (Å²) in [6.45, 7) is 1.37. The van der Waals surface area contributed by atoms with E-state index in [1.165, 1.54) is 7.11 Å². The van der Waals surface area contributed by atoms with Gasteiger partial charge in [-0.3, -0.25) is 0 Å². The van der Waals surface area contributed by atoms with E-state index < -0.39 is 12.1 Å². The van der Waals surface area contributed by atoms with Crippen molar-refractivity contribution in [2.24, 2.45) is 0 Å². The van der Waals surface area contributed by atoms with E-state index in [4.69, 9.17) is 13.9 Å². The maximum atomic E-state index is 11.0. The van der Waals surface area contributed by atoms with Crippen molar-refractivity contribution in [1.29, 1.82) is 0 Å². The average molecular weight is 214 g/mol. The normalized spacial score (nSPS) is 21.3. The highest BCUT2D eigenvalue weighted by Crippen LogP contribution is 2.19. The number of nitrogens with zero attached hydrogens (tertiary/aromatic N) is 2. The van der Waals surface area contributed by atoms with Crippen molar-refractivity contribution in [2.75, 3.05) is 26.9 Å². The molecule has 1 fully saturated rings. The van der Waals surface area contributed by atoms with Gasteiger partial charge in [0.05, 0.1) is 26.9 Å². The van der Waals surface area contributed by atoms with Crippen molar-refractivity contribution in [1.82, 2.24) is 10.2 Å². The lowest BCUT2D eigenvalue weighted by Crippen LogP contribution is -2.22. The Morgan fingerprint density at radius 1 is 1.47 bits per heavy atom. The number of aromatic nitrogens is 2. The lowest BCUT2D eigenvalue weighted by atomic mass is 10.3. The first-order valence-electron chi connectivity index (χ1n) is 4.42. The topological polar surface area (TPSA) is 83.7 Å². The van der Waals surface area contributed by atoms with Gasteiger partial charge in [-0.25, -0.2) is 4.79 Å². The monoisotopic (exact) mass is 214 g/mol. The van der Waals surface area contributed by atoms with Crippen molar-refractivity contribution in [3.8, 4) is 0 Å². The van der Waals surface area contributed by atoms with Gasteiger partial charge in [0.25, 0.3) is 0 Å². The van der Waals surface area contributed by atoms with Gasteiger partial charge >= 0.3 is 11.9 Å². The fraction of sp³-hybridized carbons (Fsp3) is 0.625. The molecule has 1 aromatic rings. The molecule has 0 spiro atoms. The molecule has 2 rings (SSSR count). The van der Waals surface area contributed by atoms with Crippen LogP contribution in [-0.2, 0) is 14.2 Å². The fourth-order valence-electron chi connectivity index (χ4n) is 1.16. The SMILES string of the molecule is COC(=O)c1nnc(C2COCCO2)o1. The average Bonchev–Trinajstić information content (AvgIpc) is 2.78. The molecule has 2 heterocycles. The minimum absolute atomic E-state index is 0.179. The number of hydrogen-bond acceptors (Lipinski definition) is 7. The van der Waals surface area contributed by atoms with Crippen molar-refractivity contribution in [2.45, 2.75) is 6.10 Å². The van der Waals surface area contributed by atoms with Crippen molar-refractivity contribution in [3.05, 3.63) is 11.8 Å². The van der Waals surface area contributed by atoms with E-state index in [1.807, 2.05) is 0 Å². The molecule has 0 amide bonds. The van der Waals surface area contributed by atoms with E-state index in [9.17, 15) is 4.79 Å². The number of carbonyl (C=O) groups is 1. The molecule has 7 heteroatoms. The molecule has 0 bridgehead atoms. The van der Waals surface area contributed by atoms with E-state index in [2.05, 4.69) is 14.9 Å². The fourth-order valence-corrected chi connectivity index (χ4v) is 1.16. The van der Waals surface area contributed by atoms with Gasteiger partial charge in [0, 0.05) is 0 Å². The van der Waals surface area contributed by atoms with E-state index >= 15 is 0 Å². The predicted molar refractivity (Wildman–Crippen MR) is 45.1 cm³/mol. The summed E-state index contributed by atoms with van der Waals surface area (Å²) < 4.78 is 20.0. The Hall–Kier alpha value is -1.47. The van der Waals surface area contributed by atoms with Crippen LogP contribution in [0.25, 0.3) is 0 Å². The molecule has 82 valence electrons. The number of esters is 1. The second kappa shape index (κ2) is 4.37. The molecular weight excluding hydrogens is 204 g/mol. The van der Waals surface area contributed by atoms with Gasteiger partial charge in [-0.05, 0) is 0 Å². The summed E-state index contributed by atoms with van der Waals surface area (Å²) in [5.74, 6) is -0.609. The summed E-state index contributed by atoms with van der Waals surface area (Å²) in [6, 6.07) is 0. The first-order chi connectivity index (χ1) is 7.31. The molecule has 1 atom stereocenters. The minimum Gasteiger partial charge on any atom is -0.462 e. The zero-order chi connectivity index (χ0) is 10.7. The largest absolute Gasteiger partial charge is 0.462 e. The highest BCUT2D eigenvalue weighted by molar-refractivity contribution is 5.83. The molecule has 1 aliphatic heterocycles. The lowest BCUT2D eigenvalue weighted by Gasteiger charge is -2.19. The molecule has 1 unspecified atom stereocenters. The molecule has 0 saturated carbocycles. The van der Waals surface area contributed by atoms with E-state index in [0.29, 0.717) is 19.8 Å². The molecule has 0 N–H and O–H groups in total. The summed E-state index contributed by atoms with van der Waals surface area (Å²) in [7, 11) is 1.24. The molecular formula is C8H10N2O5. The summed E-state index contributed by atoms with van der Waals surface area (Å²) in [5, 5.41) is 7.22. The Labute approximate surface area is 85.3 Å². The van der Waals surface area contributed by atoms with Crippen LogP contribution in [-0.4, -0.2) is 43.1 Å². The molecule has 0 aromatic carbocycles. The van der Waals surface area contributed by atoms with Gasteiger partial charge in [-0.15, -0.1) is 10.2 Å². The van der Waals surface area contributed by atoms with Gasteiger partial charge in [0.15, 0.2) is 6.10 Å². The Morgan fingerprint density at radius 2 is 2.33 bits per heavy atom. The van der Waals surface area contributed by atoms with Crippen LogP contribution in [0, 0.1) is 0 Å². The first-order valence-corrected chi connectivity index (χ1v) is 4.42. The summed E-state index contributed by atoms with van der Waals surface area (Å²) >= 11 is 0. The number of rotatable bonds is 2. The Kier molecular flexibility index (Phi) is 2.93. The second-order valence-electron chi connectivity index (χ2n) is 2.87. The van der Waals surface area contributed by atoms with E-state index in [0.717, 1.165) is 0 Å². The van der Waals surface area contributed by atoms with Crippen LogP contribution in [0.3, 0.4) is 0 Å². The highest BCUT2D eigenvalue weighted by atomic mass is 16.6. The molecule has 0 radical (unpaired) electrons. The maximum Gasteiger partial charge on any atom is 0.396 e. The summed E-state index contributed by atoms with van der Waals surface area (Å²) in [5.41, 5.74) is 0. The van der Waals surface area contributed by atoms with Gasteiger partial charge in [0.1, 0.15) is 0 Å². The summed E-state index contributed by atoms with van der Waals surface area (Å²) in [4.78, 5) is 11.0. The second-order valence-corrected chi connectivity index (χ2v) is 2.87. The van der Waals surface area contributed by atoms with E-state index in [-0.39, 0.29) is 11.8 Å². The lowest BCUT2D eigenvalue weighted by molar-refractivity contribution is -0.0998.